The summed E-state index contributed by atoms with van der Waals surface area (Å²) in [7, 11) is -1.82. The zero-order valence-corrected chi connectivity index (χ0v) is 12.7. The summed E-state index contributed by atoms with van der Waals surface area (Å²) < 4.78 is 27.1. The van der Waals surface area contributed by atoms with E-state index < -0.39 is 10.0 Å². The maximum atomic E-state index is 12.5. The van der Waals surface area contributed by atoms with Crippen LogP contribution in [-0.2, 0) is 10.0 Å². The smallest absolute Gasteiger partial charge is 0.244 e. The van der Waals surface area contributed by atoms with E-state index in [2.05, 4.69) is 15.9 Å². The summed E-state index contributed by atoms with van der Waals surface area (Å²) in [5.74, 6) is 0. The van der Waals surface area contributed by atoms with Gasteiger partial charge in [0.1, 0.15) is 0 Å². The number of hydrogen-bond donors (Lipinski definition) is 1. The number of sulfonamides is 1. The molecule has 100 valence electrons. The van der Waals surface area contributed by atoms with E-state index >= 15 is 0 Å². The van der Waals surface area contributed by atoms with Gasteiger partial charge in [-0.05, 0) is 47.0 Å². The molecule has 18 heavy (non-hydrogen) atoms. The van der Waals surface area contributed by atoms with Crippen LogP contribution in [0.1, 0.15) is 25.7 Å². The molecule has 1 aliphatic carbocycles. The summed E-state index contributed by atoms with van der Waals surface area (Å²) in [6.07, 6.45) is 4.08. The molecular weight excluding hydrogens is 316 g/mol. The third-order valence-corrected chi connectivity index (χ3v) is 6.36. The lowest BCUT2D eigenvalue weighted by molar-refractivity contribution is 0.373. The minimum absolute atomic E-state index is 0.114. The fourth-order valence-corrected chi connectivity index (χ4v) is 4.71. The Balaban J connectivity index is 2.37. The molecule has 1 saturated carbocycles. The number of hydrogen-bond acceptors (Lipinski definition) is 3. The van der Waals surface area contributed by atoms with E-state index in [4.69, 9.17) is 5.73 Å². The summed E-state index contributed by atoms with van der Waals surface area (Å²) in [6.45, 7) is 0. The number of anilines is 1. The highest BCUT2D eigenvalue weighted by Crippen LogP contribution is 2.31. The van der Waals surface area contributed by atoms with E-state index in [0.29, 0.717) is 10.2 Å². The van der Waals surface area contributed by atoms with Crippen LogP contribution in [0.2, 0.25) is 0 Å². The van der Waals surface area contributed by atoms with Gasteiger partial charge in [-0.1, -0.05) is 12.8 Å². The topological polar surface area (TPSA) is 63.4 Å². The monoisotopic (exact) mass is 332 g/mol. The lowest BCUT2D eigenvalue weighted by Crippen LogP contribution is -2.35. The SMILES string of the molecule is CN(C1CCCC1)S(=O)(=O)c1cc(N)ccc1Br. The van der Waals surface area contributed by atoms with Crippen LogP contribution in [0.15, 0.2) is 27.6 Å². The van der Waals surface area contributed by atoms with E-state index in [-0.39, 0.29) is 10.9 Å². The van der Waals surface area contributed by atoms with Gasteiger partial charge in [0.25, 0.3) is 0 Å². The van der Waals surface area contributed by atoms with Gasteiger partial charge in [-0.2, -0.15) is 4.31 Å². The second kappa shape index (κ2) is 5.19. The number of halogens is 1. The summed E-state index contributed by atoms with van der Waals surface area (Å²) in [5, 5.41) is 0. The maximum Gasteiger partial charge on any atom is 0.244 e. The van der Waals surface area contributed by atoms with E-state index in [1.54, 1.807) is 19.2 Å². The maximum absolute atomic E-state index is 12.5. The van der Waals surface area contributed by atoms with Crippen molar-refractivity contribution in [3.63, 3.8) is 0 Å². The molecular formula is C12H17BrN2O2S. The van der Waals surface area contributed by atoms with Gasteiger partial charge in [-0.25, -0.2) is 8.42 Å². The Morgan fingerprint density at radius 2 is 1.94 bits per heavy atom. The van der Waals surface area contributed by atoms with Crippen molar-refractivity contribution in [3.05, 3.63) is 22.7 Å². The molecule has 0 aromatic heterocycles. The van der Waals surface area contributed by atoms with E-state index in [9.17, 15) is 8.42 Å². The Labute approximate surface area is 116 Å². The van der Waals surface area contributed by atoms with Gasteiger partial charge in [-0.15, -0.1) is 0 Å². The van der Waals surface area contributed by atoms with Crippen molar-refractivity contribution >= 4 is 31.6 Å². The van der Waals surface area contributed by atoms with Crippen molar-refractivity contribution < 1.29 is 8.42 Å². The van der Waals surface area contributed by atoms with Crippen molar-refractivity contribution in [2.75, 3.05) is 12.8 Å². The molecule has 1 aromatic carbocycles. The summed E-state index contributed by atoms with van der Waals surface area (Å²) >= 11 is 3.28. The Kier molecular flexibility index (Phi) is 3.99. The predicted molar refractivity (Wildman–Crippen MR) is 75.8 cm³/mol. The van der Waals surface area contributed by atoms with Crippen LogP contribution in [0.3, 0.4) is 0 Å². The van der Waals surface area contributed by atoms with Gasteiger partial charge in [-0.3, -0.25) is 0 Å². The van der Waals surface area contributed by atoms with Crippen molar-refractivity contribution in [3.8, 4) is 0 Å². The van der Waals surface area contributed by atoms with Crippen LogP contribution in [0, 0.1) is 0 Å². The lowest BCUT2D eigenvalue weighted by Gasteiger charge is -2.24. The van der Waals surface area contributed by atoms with Crippen LogP contribution in [-0.4, -0.2) is 25.8 Å². The molecule has 1 aliphatic rings. The van der Waals surface area contributed by atoms with Crippen molar-refractivity contribution in [1.29, 1.82) is 0 Å². The molecule has 2 rings (SSSR count). The molecule has 0 atom stereocenters. The number of rotatable bonds is 3. The third-order valence-electron chi connectivity index (χ3n) is 3.45. The van der Waals surface area contributed by atoms with Gasteiger partial charge in [0.05, 0.1) is 4.90 Å². The first-order valence-electron chi connectivity index (χ1n) is 5.96. The molecule has 0 spiro atoms. The number of nitrogens with zero attached hydrogens (tertiary/aromatic N) is 1. The molecule has 0 radical (unpaired) electrons. The quantitative estimate of drug-likeness (QED) is 0.865. The van der Waals surface area contributed by atoms with Crippen LogP contribution in [0.25, 0.3) is 0 Å². The lowest BCUT2D eigenvalue weighted by atomic mass is 10.3. The standard InChI is InChI=1S/C12H17BrN2O2S/c1-15(10-4-2-3-5-10)18(16,17)12-8-9(14)6-7-11(12)13/h6-8,10H,2-5,14H2,1H3. The highest BCUT2D eigenvalue weighted by atomic mass is 79.9. The number of benzene rings is 1. The van der Waals surface area contributed by atoms with Crippen molar-refractivity contribution in [1.82, 2.24) is 4.31 Å². The van der Waals surface area contributed by atoms with Gasteiger partial charge in [0, 0.05) is 23.2 Å². The van der Waals surface area contributed by atoms with E-state index in [1.807, 2.05) is 0 Å². The average molecular weight is 333 g/mol. The largest absolute Gasteiger partial charge is 0.399 e. The molecule has 4 nitrogen and oxygen atoms in total. The highest BCUT2D eigenvalue weighted by Gasteiger charge is 2.31. The van der Waals surface area contributed by atoms with Gasteiger partial charge < -0.3 is 5.73 Å². The average Bonchev–Trinajstić information content (AvgIpc) is 2.84. The van der Waals surface area contributed by atoms with Crippen molar-refractivity contribution in [2.45, 2.75) is 36.6 Å². The second-order valence-electron chi connectivity index (χ2n) is 4.65. The van der Waals surface area contributed by atoms with Gasteiger partial charge in [0.2, 0.25) is 10.0 Å². The molecule has 1 fully saturated rings. The Bertz CT molecular complexity index is 539. The highest BCUT2D eigenvalue weighted by molar-refractivity contribution is 9.10. The van der Waals surface area contributed by atoms with Crippen LogP contribution >= 0.6 is 15.9 Å². The first-order chi connectivity index (χ1) is 8.43. The zero-order valence-electron chi connectivity index (χ0n) is 10.3. The predicted octanol–water partition coefficient (Wildman–Crippen LogP) is 2.59. The van der Waals surface area contributed by atoms with Crippen molar-refractivity contribution in [2.24, 2.45) is 0 Å². The molecule has 1 aromatic rings. The Morgan fingerprint density at radius 1 is 1.33 bits per heavy atom. The van der Waals surface area contributed by atoms with Gasteiger partial charge >= 0.3 is 0 Å². The molecule has 0 amide bonds. The molecule has 2 N–H and O–H groups in total. The minimum Gasteiger partial charge on any atom is -0.399 e. The number of nitrogen functional groups attached to an aromatic ring is 1. The first-order valence-corrected chi connectivity index (χ1v) is 8.19. The molecule has 0 heterocycles. The Morgan fingerprint density at radius 3 is 2.56 bits per heavy atom. The van der Waals surface area contributed by atoms with E-state index in [1.165, 1.54) is 10.4 Å². The zero-order chi connectivity index (χ0) is 13.3. The third kappa shape index (κ3) is 2.55. The van der Waals surface area contributed by atoms with Crippen LogP contribution in [0.4, 0.5) is 5.69 Å². The molecule has 0 unspecified atom stereocenters. The fraction of sp³-hybridized carbons (Fsp3) is 0.500. The summed E-state index contributed by atoms with van der Waals surface area (Å²) in [4.78, 5) is 0.247. The molecule has 0 aliphatic heterocycles. The summed E-state index contributed by atoms with van der Waals surface area (Å²) in [5.41, 5.74) is 6.13. The Hall–Kier alpha value is -0.590. The summed E-state index contributed by atoms with van der Waals surface area (Å²) in [6, 6.07) is 4.97. The normalized spacial score (nSPS) is 17.5. The van der Waals surface area contributed by atoms with E-state index in [0.717, 1.165) is 25.7 Å². The first kappa shape index (κ1) is 13.8. The second-order valence-corrected chi connectivity index (χ2v) is 7.47. The molecule has 0 bridgehead atoms. The minimum atomic E-state index is -3.47. The molecule has 6 heteroatoms. The molecule has 0 saturated heterocycles. The van der Waals surface area contributed by atoms with Gasteiger partial charge in [0.15, 0.2) is 0 Å². The van der Waals surface area contributed by atoms with Crippen LogP contribution < -0.4 is 5.73 Å². The van der Waals surface area contributed by atoms with Crippen LogP contribution in [0.5, 0.6) is 0 Å². The number of nitrogens with two attached hydrogens (primary N) is 1. The fourth-order valence-electron chi connectivity index (χ4n) is 2.34.